The van der Waals surface area contributed by atoms with Crippen LogP contribution in [0.4, 0.5) is 0 Å². The number of hydrogen-bond acceptors (Lipinski definition) is 4. The third-order valence-corrected chi connectivity index (χ3v) is 4.00. The second-order valence-corrected chi connectivity index (χ2v) is 5.36. The maximum absolute atomic E-state index is 12.3. The molecule has 0 atom stereocenters. The first-order valence-electron chi connectivity index (χ1n) is 6.24. The second kappa shape index (κ2) is 5.46. The van der Waals surface area contributed by atoms with Crippen molar-refractivity contribution in [3.05, 3.63) is 64.8 Å². The van der Waals surface area contributed by atoms with Crippen molar-refractivity contribution in [2.75, 3.05) is 0 Å². The highest BCUT2D eigenvalue weighted by Crippen LogP contribution is 2.19. The molecule has 2 aromatic heterocycles. The zero-order chi connectivity index (χ0) is 13.9. The maximum Gasteiger partial charge on any atom is 0.261 e. The first kappa shape index (κ1) is 12.9. The van der Waals surface area contributed by atoms with E-state index in [2.05, 4.69) is 9.97 Å². The smallest absolute Gasteiger partial charge is 0.261 e. The average Bonchev–Trinajstić information content (AvgIpc) is 2.50. The van der Waals surface area contributed by atoms with Gasteiger partial charge < -0.3 is 0 Å². The molecule has 0 aliphatic carbocycles. The lowest BCUT2D eigenvalue weighted by atomic mass is 10.2. The highest BCUT2D eigenvalue weighted by Gasteiger charge is 2.08. The Morgan fingerprint density at radius 3 is 2.75 bits per heavy atom. The number of nitrogens with zero attached hydrogens (tertiary/aromatic N) is 3. The van der Waals surface area contributed by atoms with Gasteiger partial charge in [-0.15, -0.1) is 0 Å². The Morgan fingerprint density at radius 2 is 1.95 bits per heavy atom. The van der Waals surface area contributed by atoms with Crippen LogP contribution in [0.2, 0.25) is 0 Å². The molecular formula is C15H13N3OS. The third-order valence-electron chi connectivity index (χ3n) is 3.06. The lowest BCUT2D eigenvalue weighted by Crippen LogP contribution is -2.21. The van der Waals surface area contributed by atoms with Crippen molar-refractivity contribution in [3.63, 3.8) is 0 Å². The fourth-order valence-electron chi connectivity index (χ4n) is 1.96. The monoisotopic (exact) mass is 283 g/mol. The van der Waals surface area contributed by atoms with Gasteiger partial charge in [-0.1, -0.05) is 30.0 Å². The van der Waals surface area contributed by atoms with Gasteiger partial charge in [0.05, 0.1) is 21.7 Å². The first-order valence-corrected chi connectivity index (χ1v) is 7.23. The molecule has 0 aliphatic rings. The van der Waals surface area contributed by atoms with Gasteiger partial charge in [0.15, 0.2) is 0 Å². The molecule has 0 saturated carbocycles. The summed E-state index contributed by atoms with van der Waals surface area (Å²) in [6.07, 6.45) is 1.76. The molecule has 0 saturated heterocycles. The summed E-state index contributed by atoms with van der Waals surface area (Å²) in [6.45, 7) is 0. The van der Waals surface area contributed by atoms with Crippen LogP contribution in [0.1, 0.15) is 5.82 Å². The topological polar surface area (TPSA) is 47.8 Å². The van der Waals surface area contributed by atoms with Crippen LogP contribution in [0.5, 0.6) is 0 Å². The molecule has 0 radical (unpaired) electrons. The lowest BCUT2D eigenvalue weighted by molar-refractivity contribution is 0.785. The van der Waals surface area contributed by atoms with Crippen LogP contribution in [0.25, 0.3) is 10.9 Å². The summed E-state index contributed by atoms with van der Waals surface area (Å²) < 4.78 is 1.61. The van der Waals surface area contributed by atoms with Crippen LogP contribution in [0, 0.1) is 0 Å². The normalized spacial score (nSPS) is 10.8. The van der Waals surface area contributed by atoms with Crippen molar-refractivity contribution in [1.82, 2.24) is 14.5 Å². The molecule has 3 rings (SSSR count). The van der Waals surface area contributed by atoms with E-state index in [9.17, 15) is 4.79 Å². The SMILES string of the molecule is Cn1c(CSc2ccccn2)nc2ccccc2c1=O. The fourth-order valence-corrected chi connectivity index (χ4v) is 2.81. The van der Waals surface area contributed by atoms with Crippen molar-refractivity contribution < 1.29 is 0 Å². The zero-order valence-electron chi connectivity index (χ0n) is 11.0. The summed E-state index contributed by atoms with van der Waals surface area (Å²) in [6, 6.07) is 13.2. The van der Waals surface area contributed by atoms with Crippen molar-refractivity contribution in [1.29, 1.82) is 0 Å². The molecule has 2 heterocycles. The Morgan fingerprint density at radius 1 is 1.15 bits per heavy atom. The number of fused-ring (bicyclic) bond motifs is 1. The van der Waals surface area contributed by atoms with Crippen LogP contribution in [0.3, 0.4) is 0 Å². The third kappa shape index (κ3) is 2.44. The van der Waals surface area contributed by atoms with E-state index in [1.54, 1.807) is 35.6 Å². The van der Waals surface area contributed by atoms with Gasteiger partial charge in [0.2, 0.25) is 0 Å². The van der Waals surface area contributed by atoms with Gasteiger partial charge in [-0.05, 0) is 24.3 Å². The minimum atomic E-state index is -0.00720. The molecule has 0 unspecified atom stereocenters. The summed E-state index contributed by atoms with van der Waals surface area (Å²) in [5.74, 6) is 1.37. The molecule has 0 aliphatic heterocycles. The fraction of sp³-hybridized carbons (Fsp3) is 0.133. The Labute approximate surface area is 120 Å². The number of pyridine rings is 1. The molecule has 20 heavy (non-hydrogen) atoms. The zero-order valence-corrected chi connectivity index (χ0v) is 11.8. The molecule has 5 heteroatoms. The predicted molar refractivity (Wildman–Crippen MR) is 80.8 cm³/mol. The van der Waals surface area contributed by atoms with Gasteiger partial charge in [-0.25, -0.2) is 9.97 Å². The Balaban J connectivity index is 1.96. The summed E-state index contributed by atoms with van der Waals surface area (Å²) in [5, 5.41) is 1.58. The van der Waals surface area contributed by atoms with Gasteiger partial charge in [0, 0.05) is 13.2 Å². The number of rotatable bonds is 3. The molecule has 0 N–H and O–H groups in total. The molecule has 3 aromatic rings. The molecule has 0 spiro atoms. The summed E-state index contributed by atoms with van der Waals surface area (Å²) in [7, 11) is 1.76. The van der Waals surface area contributed by atoms with E-state index < -0.39 is 0 Å². The number of hydrogen-bond donors (Lipinski definition) is 0. The number of benzene rings is 1. The van der Waals surface area contributed by atoms with Gasteiger partial charge in [0.25, 0.3) is 5.56 Å². The molecule has 0 bridgehead atoms. The largest absolute Gasteiger partial charge is 0.299 e. The van der Waals surface area contributed by atoms with Crippen molar-refractivity contribution in [2.24, 2.45) is 7.05 Å². The van der Waals surface area contributed by atoms with Crippen LogP contribution in [-0.4, -0.2) is 14.5 Å². The average molecular weight is 283 g/mol. The van der Waals surface area contributed by atoms with E-state index in [4.69, 9.17) is 0 Å². The maximum atomic E-state index is 12.3. The number of para-hydroxylation sites is 1. The Bertz CT molecular complexity index is 799. The highest BCUT2D eigenvalue weighted by atomic mass is 32.2. The van der Waals surface area contributed by atoms with Gasteiger partial charge in [-0.2, -0.15) is 0 Å². The quantitative estimate of drug-likeness (QED) is 0.693. The molecule has 1 aromatic carbocycles. The summed E-state index contributed by atoms with van der Waals surface area (Å²) in [4.78, 5) is 21.1. The molecular weight excluding hydrogens is 270 g/mol. The van der Waals surface area contributed by atoms with E-state index in [0.29, 0.717) is 11.1 Å². The molecule has 100 valence electrons. The van der Waals surface area contributed by atoms with E-state index in [1.165, 1.54) is 0 Å². The number of thioether (sulfide) groups is 1. The molecule has 0 fully saturated rings. The van der Waals surface area contributed by atoms with Crippen LogP contribution < -0.4 is 5.56 Å². The number of aromatic nitrogens is 3. The second-order valence-electron chi connectivity index (χ2n) is 4.37. The van der Waals surface area contributed by atoms with E-state index in [0.717, 1.165) is 16.4 Å². The van der Waals surface area contributed by atoms with Gasteiger partial charge >= 0.3 is 0 Å². The minimum absolute atomic E-state index is 0.00720. The standard InChI is InChI=1S/C15H13N3OS/c1-18-13(10-20-14-8-4-5-9-16-14)17-12-7-3-2-6-11(12)15(18)19/h2-9H,10H2,1H3. The van der Waals surface area contributed by atoms with E-state index in [1.807, 2.05) is 36.4 Å². The lowest BCUT2D eigenvalue weighted by Gasteiger charge is -2.08. The van der Waals surface area contributed by atoms with Crippen molar-refractivity contribution in [2.45, 2.75) is 10.8 Å². The van der Waals surface area contributed by atoms with Crippen LogP contribution >= 0.6 is 11.8 Å². The van der Waals surface area contributed by atoms with Crippen LogP contribution in [-0.2, 0) is 12.8 Å². The highest BCUT2D eigenvalue weighted by molar-refractivity contribution is 7.98. The predicted octanol–water partition coefficient (Wildman–Crippen LogP) is 2.62. The van der Waals surface area contributed by atoms with Gasteiger partial charge in [-0.3, -0.25) is 9.36 Å². The summed E-state index contributed by atoms with van der Waals surface area (Å²) >= 11 is 1.57. The molecule has 0 amide bonds. The molecule has 4 nitrogen and oxygen atoms in total. The van der Waals surface area contributed by atoms with Gasteiger partial charge in [0.1, 0.15) is 5.82 Å². The van der Waals surface area contributed by atoms with E-state index in [-0.39, 0.29) is 5.56 Å². The minimum Gasteiger partial charge on any atom is -0.299 e. The Hall–Kier alpha value is -2.14. The van der Waals surface area contributed by atoms with Crippen molar-refractivity contribution >= 4 is 22.7 Å². The van der Waals surface area contributed by atoms with Crippen LogP contribution in [0.15, 0.2) is 58.5 Å². The van der Waals surface area contributed by atoms with Crippen molar-refractivity contribution in [3.8, 4) is 0 Å². The Kier molecular flexibility index (Phi) is 3.52. The van der Waals surface area contributed by atoms with E-state index >= 15 is 0 Å². The summed E-state index contributed by atoms with van der Waals surface area (Å²) in [5.41, 5.74) is 0.736. The first-order chi connectivity index (χ1) is 9.75.